The van der Waals surface area contributed by atoms with Crippen LogP contribution in [-0.4, -0.2) is 33.2 Å². The van der Waals surface area contributed by atoms with Crippen LogP contribution in [0.1, 0.15) is 0 Å². The Balaban J connectivity index is 2.15. The molecule has 0 saturated carbocycles. The molecule has 1 heterocycles. The average molecular weight is 299 g/mol. The fourth-order valence-corrected chi connectivity index (χ4v) is 2.26. The number of ether oxygens (including phenoxy) is 1. The van der Waals surface area contributed by atoms with Crippen molar-refractivity contribution in [3.05, 3.63) is 22.7 Å². The molecular formula is C12H15BrN2O2. The van der Waals surface area contributed by atoms with Gasteiger partial charge in [0.2, 0.25) is 5.91 Å². The Labute approximate surface area is 109 Å². The van der Waals surface area contributed by atoms with Crippen LogP contribution in [0.25, 0.3) is 0 Å². The van der Waals surface area contributed by atoms with Gasteiger partial charge in [-0.05, 0) is 34.1 Å². The minimum atomic E-state index is 0.112. The molecule has 1 N–H and O–H groups in total. The molecular weight excluding hydrogens is 284 g/mol. The molecule has 0 aromatic heterocycles. The van der Waals surface area contributed by atoms with Gasteiger partial charge in [-0.1, -0.05) is 0 Å². The maximum absolute atomic E-state index is 12.0. The highest BCUT2D eigenvalue weighted by atomic mass is 79.9. The van der Waals surface area contributed by atoms with Crippen LogP contribution in [-0.2, 0) is 4.79 Å². The zero-order valence-corrected chi connectivity index (χ0v) is 11.5. The summed E-state index contributed by atoms with van der Waals surface area (Å²) in [7, 11) is 3.42. The lowest BCUT2D eigenvalue weighted by Crippen LogP contribution is -2.51. The van der Waals surface area contributed by atoms with E-state index in [9.17, 15) is 4.79 Å². The molecule has 5 heteroatoms. The quantitative estimate of drug-likeness (QED) is 0.922. The summed E-state index contributed by atoms with van der Waals surface area (Å²) in [6.45, 7) is 1.56. The second-order valence-electron chi connectivity index (χ2n) is 4.07. The Bertz CT molecular complexity index is 433. The van der Waals surface area contributed by atoms with E-state index in [1.807, 2.05) is 18.2 Å². The number of benzene rings is 1. The Morgan fingerprint density at radius 3 is 2.71 bits per heavy atom. The predicted molar refractivity (Wildman–Crippen MR) is 70.5 cm³/mol. The number of carbonyl (C=O) groups excluding carboxylic acids is 1. The lowest BCUT2D eigenvalue weighted by molar-refractivity contribution is -0.123. The Morgan fingerprint density at radius 1 is 1.53 bits per heavy atom. The third-order valence-electron chi connectivity index (χ3n) is 2.98. The summed E-state index contributed by atoms with van der Waals surface area (Å²) in [5, 5.41) is 3.10. The van der Waals surface area contributed by atoms with Crippen LogP contribution in [0, 0.1) is 5.92 Å². The Hall–Kier alpha value is -1.07. The molecule has 0 bridgehead atoms. The highest BCUT2D eigenvalue weighted by Gasteiger charge is 2.28. The first-order valence-corrected chi connectivity index (χ1v) is 6.24. The van der Waals surface area contributed by atoms with Crippen molar-refractivity contribution in [1.29, 1.82) is 0 Å². The van der Waals surface area contributed by atoms with Crippen molar-refractivity contribution in [3.63, 3.8) is 0 Å². The van der Waals surface area contributed by atoms with Gasteiger partial charge >= 0.3 is 0 Å². The van der Waals surface area contributed by atoms with Gasteiger partial charge in [-0.3, -0.25) is 4.79 Å². The van der Waals surface area contributed by atoms with Crippen LogP contribution in [0.3, 0.4) is 0 Å². The van der Waals surface area contributed by atoms with Gasteiger partial charge in [-0.15, -0.1) is 0 Å². The number of anilines is 1. The van der Waals surface area contributed by atoms with Gasteiger partial charge in [0, 0.05) is 25.8 Å². The number of hydrogen-bond donors (Lipinski definition) is 1. The first-order valence-electron chi connectivity index (χ1n) is 5.45. The number of nitrogens with zero attached hydrogens (tertiary/aromatic N) is 1. The predicted octanol–water partition coefficient (Wildman–Crippen LogP) is 1.64. The summed E-state index contributed by atoms with van der Waals surface area (Å²) in [4.78, 5) is 13.7. The van der Waals surface area contributed by atoms with Crippen molar-refractivity contribution < 1.29 is 9.53 Å². The van der Waals surface area contributed by atoms with Crippen molar-refractivity contribution in [2.24, 2.45) is 5.92 Å². The molecule has 1 fully saturated rings. The zero-order chi connectivity index (χ0) is 12.4. The summed E-state index contributed by atoms with van der Waals surface area (Å²) >= 11 is 3.42. The number of rotatable bonds is 3. The number of nitrogens with one attached hydrogen (secondary N) is 1. The van der Waals surface area contributed by atoms with Crippen LogP contribution in [0.4, 0.5) is 5.69 Å². The number of amides is 1. The smallest absolute Gasteiger partial charge is 0.232 e. The molecule has 0 aliphatic carbocycles. The first kappa shape index (κ1) is 12.4. The lowest BCUT2D eigenvalue weighted by atomic mass is 10.0. The number of hydrogen-bond acceptors (Lipinski definition) is 3. The van der Waals surface area contributed by atoms with Gasteiger partial charge < -0.3 is 15.0 Å². The lowest BCUT2D eigenvalue weighted by Gasteiger charge is -2.30. The molecule has 1 saturated heterocycles. The fraction of sp³-hybridized carbons (Fsp3) is 0.417. The minimum absolute atomic E-state index is 0.112. The molecule has 4 nitrogen and oxygen atoms in total. The maximum atomic E-state index is 12.0. The van der Waals surface area contributed by atoms with Crippen molar-refractivity contribution >= 4 is 27.5 Å². The molecule has 17 heavy (non-hydrogen) atoms. The van der Waals surface area contributed by atoms with Gasteiger partial charge in [0.05, 0.1) is 17.5 Å². The molecule has 1 aromatic carbocycles. The van der Waals surface area contributed by atoms with Gasteiger partial charge in [0.1, 0.15) is 5.75 Å². The molecule has 0 atom stereocenters. The molecule has 1 amide bonds. The molecule has 2 rings (SSSR count). The van der Waals surface area contributed by atoms with Gasteiger partial charge in [0.25, 0.3) is 0 Å². The Morgan fingerprint density at radius 2 is 2.24 bits per heavy atom. The second kappa shape index (κ2) is 5.06. The van der Waals surface area contributed by atoms with Crippen molar-refractivity contribution in [2.45, 2.75) is 0 Å². The number of halogens is 1. The van der Waals surface area contributed by atoms with E-state index in [-0.39, 0.29) is 11.8 Å². The third-order valence-corrected chi connectivity index (χ3v) is 3.60. The molecule has 1 aliphatic rings. The van der Waals surface area contributed by atoms with Crippen molar-refractivity contribution in [3.8, 4) is 5.75 Å². The van der Waals surface area contributed by atoms with Crippen LogP contribution in [0.5, 0.6) is 5.75 Å². The summed E-state index contributed by atoms with van der Waals surface area (Å²) < 4.78 is 6.01. The monoisotopic (exact) mass is 298 g/mol. The van der Waals surface area contributed by atoms with Crippen LogP contribution < -0.4 is 15.0 Å². The minimum Gasteiger partial charge on any atom is -0.496 e. The number of methoxy groups -OCH3 is 1. The standard InChI is InChI=1S/C12H15BrN2O2/c1-15(12(16)8-6-14-7-8)9-3-4-11(17-2)10(13)5-9/h3-5,8,14H,6-7H2,1-2H3. The second-order valence-corrected chi connectivity index (χ2v) is 4.93. The molecule has 0 spiro atoms. The SMILES string of the molecule is COc1ccc(N(C)C(=O)C2CNC2)cc1Br. The molecule has 1 aliphatic heterocycles. The van der Waals surface area contributed by atoms with E-state index in [0.717, 1.165) is 29.0 Å². The maximum Gasteiger partial charge on any atom is 0.232 e. The van der Waals surface area contributed by atoms with E-state index in [2.05, 4.69) is 21.2 Å². The van der Waals surface area contributed by atoms with Gasteiger partial charge in [0.15, 0.2) is 0 Å². The van der Waals surface area contributed by atoms with Crippen LogP contribution in [0.2, 0.25) is 0 Å². The third kappa shape index (κ3) is 2.45. The van der Waals surface area contributed by atoms with E-state index < -0.39 is 0 Å². The summed E-state index contributed by atoms with van der Waals surface area (Å²) in [6.07, 6.45) is 0. The van der Waals surface area contributed by atoms with Crippen LogP contribution in [0.15, 0.2) is 22.7 Å². The van der Waals surface area contributed by atoms with E-state index in [4.69, 9.17) is 4.74 Å². The zero-order valence-electron chi connectivity index (χ0n) is 9.87. The fourth-order valence-electron chi connectivity index (χ4n) is 1.73. The summed E-state index contributed by atoms with van der Waals surface area (Å²) in [6, 6.07) is 5.62. The largest absolute Gasteiger partial charge is 0.496 e. The van der Waals surface area contributed by atoms with E-state index in [0.29, 0.717) is 0 Å². The van der Waals surface area contributed by atoms with E-state index >= 15 is 0 Å². The number of carbonyl (C=O) groups is 1. The molecule has 0 radical (unpaired) electrons. The Kier molecular flexibility index (Phi) is 3.69. The normalized spacial score (nSPS) is 15.2. The van der Waals surface area contributed by atoms with Crippen LogP contribution >= 0.6 is 15.9 Å². The van der Waals surface area contributed by atoms with Gasteiger partial charge in [-0.25, -0.2) is 0 Å². The topological polar surface area (TPSA) is 41.6 Å². The van der Waals surface area contributed by atoms with E-state index in [1.54, 1.807) is 19.1 Å². The van der Waals surface area contributed by atoms with Crippen molar-refractivity contribution in [1.82, 2.24) is 5.32 Å². The van der Waals surface area contributed by atoms with Gasteiger partial charge in [-0.2, -0.15) is 0 Å². The van der Waals surface area contributed by atoms with Crippen molar-refractivity contribution in [2.75, 3.05) is 32.1 Å². The highest BCUT2D eigenvalue weighted by molar-refractivity contribution is 9.10. The average Bonchev–Trinajstić information content (AvgIpc) is 2.25. The highest BCUT2D eigenvalue weighted by Crippen LogP contribution is 2.29. The summed E-state index contributed by atoms with van der Waals surface area (Å²) in [5.74, 6) is 1.03. The first-order chi connectivity index (χ1) is 8.13. The summed E-state index contributed by atoms with van der Waals surface area (Å²) in [5.41, 5.74) is 0.870. The molecule has 92 valence electrons. The molecule has 0 unspecified atom stereocenters. The van der Waals surface area contributed by atoms with E-state index in [1.165, 1.54) is 0 Å². The molecule has 1 aromatic rings.